The van der Waals surface area contributed by atoms with Crippen molar-refractivity contribution in [1.29, 1.82) is 0 Å². The molecule has 9 heavy (non-hydrogen) atoms. The summed E-state index contributed by atoms with van der Waals surface area (Å²) in [4.78, 5) is 12.7. The Balaban J connectivity index is 0.000000640. The molecule has 0 bridgehead atoms. The van der Waals surface area contributed by atoms with E-state index in [1.54, 1.807) is 18.4 Å². The number of rotatable bonds is 0. The van der Waals surface area contributed by atoms with Crippen LogP contribution in [0.15, 0.2) is 0 Å². The van der Waals surface area contributed by atoms with Crippen molar-refractivity contribution in [2.45, 2.75) is 0 Å². The Morgan fingerprint density at radius 2 is 2.33 bits per heavy atom. The van der Waals surface area contributed by atoms with Gasteiger partial charge in [0, 0.05) is 0 Å². The van der Waals surface area contributed by atoms with Crippen molar-refractivity contribution in [2.75, 3.05) is 13.6 Å². The van der Waals surface area contributed by atoms with E-state index in [4.69, 9.17) is 0 Å². The first-order valence-electron chi connectivity index (χ1n) is 2.34. The molecule has 1 fully saturated rings. The van der Waals surface area contributed by atoms with E-state index >= 15 is 0 Å². The third-order valence-electron chi connectivity index (χ3n) is 1.11. The molecule has 0 radical (unpaired) electrons. The van der Waals surface area contributed by atoms with Gasteiger partial charge in [0.15, 0.2) is 0 Å². The Kier molecular flexibility index (Phi) is 3.27. The zero-order valence-corrected chi connectivity index (χ0v) is 6.36. The van der Waals surface area contributed by atoms with Crippen molar-refractivity contribution >= 4 is 23.0 Å². The summed E-state index contributed by atoms with van der Waals surface area (Å²) in [5.41, 5.74) is 0. The van der Waals surface area contributed by atoms with Crippen LogP contribution in [0.4, 0.5) is 0 Å². The number of thiocarbonyl (C=S) groups is 1. The van der Waals surface area contributed by atoms with Crippen molar-refractivity contribution in [3.8, 4) is 0 Å². The van der Waals surface area contributed by atoms with Crippen LogP contribution in [-0.4, -0.2) is 29.3 Å². The number of carbonyl (C=O) groups is 1. The summed E-state index contributed by atoms with van der Waals surface area (Å²) in [5.74, 6) is -0.0278. The molecule has 0 atom stereocenters. The topological polar surface area (TPSA) is 20.3 Å². The van der Waals surface area contributed by atoms with Crippen molar-refractivity contribution in [3.63, 3.8) is 0 Å². The van der Waals surface area contributed by atoms with Gasteiger partial charge in [-0.2, -0.15) is 6.42 Å². The Morgan fingerprint density at radius 1 is 1.78 bits per heavy atom. The van der Waals surface area contributed by atoms with Crippen LogP contribution in [-0.2, 0) is 4.79 Å². The van der Waals surface area contributed by atoms with Gasteiger partial charge in [0.2, 0.25) is 0 Å². The van der Waals surface area contributed by atoms with Gasteiger partial charge in [0.25, 0.3) is 0 Å². The summed E-state index contributed by atoms with van der Waals surface area (Å²) in [6.07, 6.45) is 1.75. The van der Waals surface area contributed by atoms with Crippen LogP contribution in [0.2, 0.25) is 0 Å². The molecule has 0 spiro atoms. The maximum absolute atomic E-state index is 10.7. The molecule has 44 valence electrons. The number of nitrogens with zero attached hydrogens (tertiary/aromatic N) is 1. The smallest absolute Gasteiger partial charge is 0.430 e. The van der Waals surface area contributed by atoms with Gasteiger partial charge < -0.3 is 9.69 Å². The number of amides is 1. The van der Waals surface area contributed by atoms with Crippen molar-refractivity contribution in [3.05, 3.63) is 6.42 Å². The SMILES string of the molecule is CN1C[CH-]C(=S)C1=O.[Li+]. The second kappa shape index (κ2) is 3.26. The van der Waals surface area contributed by atoms with Gasteiger partial charge in [0.05, 0.1) is 0 Å². The quantitative estimate of drug-likeness (QED) is 0.201. The summed E-state index contributed by atoms with van der Waals surface area (Å²) in [6, 6.07) is 0. The molecule has 0 saturated carbocycles. The molecule has 1 saturated heterocycles. The maximum atomic E-state index is 10.7. The van der Waals surface area contributed by atoms with E-state index in [1.165, 1.54) is 0 Å². The van der Waals surface area contributed by atoms with Gasteiger partial charge in [-0.25, -0.2) is 0 Å². The van der Waals surface area contributed by atoms with Crippen LogP contribution in [0.25, 0.3) is 0 Å². The van der Waals surface area contributed by atoms with E-state index < -0.39 is 0 Å². The molecule has 0 aromatic carbocycles. The van der Waals surface area contributed by atoms with Gasteiger partial charge in [-0.05, 0) is 13.6 Å². The first-order chi connectivity index (χ1) is 3.72. The monoisotopic (exact) mass is 135 g/mol. The van der Waals surface area contributed by atoms with Crippen molar-refractivity contribution < 1.29 is 23.7 Å². The second-order valence-electron chi connectivity index (χ2n) is 1.75. The average Bonchev–Trinajstić information content (AvgIpc) is 1.98. The normalized spacial score (nSPS) is 17.2. The summed E-state index contributed by atoms with van der Waals surface area (Å²) >= 11 is 4.67. The zero-order valence-electron chi connectivity index (χ0n) is 5.55. The van der Waals surface area contributed by atoms with E-state index in [0.717, 1.165) is 0 Å². The van der Waals surface area contributed by atoms with Crippen LogP contribution >= 0.6 is 12.2 Å². The fourth-order valence-corrected chi connectivity index (χ4v) is 0.809. The Morgan fingerprint density at radius 3 is 2.44 bits per heavy atom. The zero-order chi connectivity index (χ0) is 6.15. The molecular formula is C5H6LiNOS. The number of likely N-dealkylation sites (tertiary alicyclic amines) is 1. The van der Waals surface area contributed by atoms with E-state index in [0.29, 0.717) is 11.4 Å². The van der Waals surface area contributed by atoms with Gasteiger partial charge in [0.1, 0.15) is 5.91 Å². The fraction of sp³-hybridized carbons (Fsp3) is 0.400. The molecule has 1 rings (SSSR count). The Labute approximate surface area is 71.8 Å². The van der Waals surface area contributed by atoms with Crippen LogP contribution < -0.4 is 18.9 Å². The van der Waals surface area contributed by atoms with E-state index in [2.05, 4.69) is 12.2 Å². The summed E-state index contributed by atoms with van der Waals surface area (Å²) < 4.78 is 0. The predicted molar refractivity (Wildman–Crippen MR) is 34.5 cm³/mol. The minimum Gasteiger partial charge on any atom is -0.430 e. The van der Waals surface area contributed by atoms with Gasteiger partial charge in [-0.1, -0.05) is 4.86 Å². The van der Waals surface area contributed by atoms with Crippen LogP contribution in [0.5, 0.6) is 0 Å². The minimum absolute atomic E-state index is 0. The molecule has 0 unspecified atom stereocenters. The predicted octanol–water partition coefficient (Wildman–Crippen LogP) is -2.96. The maximum Gasteiger partial charge on any atom is 1.00 e. The number of hydrogen-bond acceptors (Lipinski definition) is 2. The Bertz CT molecular complexity index is 148. The van der Waals surface area contributed by atoms with Gasteiger partial charge in [-0.15, -0.1) is 12.2 Å². The third kappa shape index (κ3) is 1.72. The molecule has 1 heterocycles. The summed E-state index contributed by atoms with van der Waals surface area (Å²) in [7, 11) is 1.73. The molecule has 1 aliphatic heterocycles. The first-order valence-corrected chi connectivity index (χ1v) is 2.75. The third-order valence-corrected chi connectivity index (χ3v) is 1.45. The molecule has 0 aromatic heterocycles. The average molecular weight is 135 g/mol. The molecule has 0 N–H and O–H groups in total. The number of carbonyl (C=O) groups excluding carboxylic acids is 1. The van der Waals surface area contributed by atoms with Crippen LogP contribution in [0.3, 0.4) is 0 Å². The van der Waals surface area contributed by atoms with Gasteiger partial charge in [-0.3, -0.25) is 0 Å². The summed E-state index contributed by atoms with van der Waals surface area (Å²) in [5, 5.41) is 0. The molecular weight excluding hydrogens is 129 g/mol. The standard InChI is InChI=1S/C5H6NOS.Li/c1-6-3-2-4(8)5(6)7;/h2H,3H2,1H3;/q-1;+1. The Hall–Kier alpha value is 0.0274. The minimum atomic E-state index is -0.0278. The molecule has 2 nitrogen and oxygen atoms in total. The van der Waals surface area contributed by atoms with Crippen molar-refractivity contribution in [1.82, 2.24) is 4.90 Å². The van der Waals surface area contributed by atoms with Gasteiger partial charge >= 0.3 is 18.9 Å². The van der Waals surface area contributed by atoms with E-state index in [-0.39, 0.29) is 24.8 Å². The van der Waals surface area contributed by atoms with Crippen molar-refractivity contribution in [2.24, 2.45) is 0 Å². The number of hydrogen-bond donors (Lipinski definition) is 0. The summed E-state index contributed by atoms with van der Waals surface area (Å²) in [6.45, 7) is 0.678. The van der Waals surface area contributed by atoms with Crippen LogP contribution in [0.1, 0.15) is 0 Å². The fourth-order valence-electron chi connectivity index (χ4n) is 0.578. The molecule has 4 heteroatoms. The van der Waals surface area contributed by atoms with E-state index in [9.17, 15) is 4.79 Å². The largest absolute Gasteiger partial charge is 1.00 e. The van der Waals surface area contributed by atoms with E-state index in [1.807, 2.05) is 0 Å². The molecule has 1 aliphatic rings. The first kappa shape index (κ1) is 9.03. The molecule has 0 aromatic rings. The molecule has 1 amide bonds. The van der Waals surface area contributed by atoms with Crippen LogP contribution in [0, 0.1) is 6.42 Å². The molecule has 0 aliphatic carbocycles. The second-order valence-corrected chi connectivity index (χ2v) is 2.19.